The van der Waals surface area contributed by atoms with Crippen LogP contribution in [0.15, 0.2) is 12.2 Å². The molecule has 2 aliphatic rings. The number of amides is 1. The topological polar surface area (TPSA) is 130 Å². The maximum atomic E-state index is 11.8. The molecule has 1 fully saturated rings. The Hall–Kier alpha value is -0.990. The second kappa shape index (κ2) is 6.85. The van der Waals surface area contributed by atoms with E-state index >= 15 is 0 Å². The lowest BCUT2D eigenvalue weighted by molar-refractivity contribution is -0.149. The minimum atomic E-state index is -1.85. The van der Waals surface area contributed by atoms with Crippen LogP contribution in [0.25, 0.3) is 0 Å². The van der Waals surface area contributed by atoms with E-state index in [2.05, 4.69) is 17.5 Å². The number of hydrogen-bond acceptors (Lipinski definition) is 6. The molecule has 0 radical (unpaired) electrons. The number of allylic oxidation sites excluding steroid dienone is 2. The molecule has 0 spiro atoms. The summed E-state index contributed by atoms with van der Waals surface area (Å²) in [5.74, 6) is 0.577. The van der Waals surface area contributed by atoms with Gasteiger partial charge in [-0.3, -0.25) is 4.79 Å². The fourth-order valence-electron chi connectivity index (χ4n) is 3.14. The first-order valence-corrected chi connectivity index (χ1v) is 7.23. The van der Waals surface area contributed by atoms with Crippen LogP contribution in [-0.4, -0.2) is 69.0 Å². The molecular weight excluding hydrogens is 278 g/mol. The second-order valence-corrected chi connectivity index (χ2v) is 5.96. The smallest absolute Gasteiger partial charge is 0.251 e. The highest BCUT2D eigenvalue weighted by Crippen LogP contribution is 2.42. The van der Waals surface area contributed by atoms with Crippen molar-refractivity contribution in [3.05, 3.63) is 12.2 Å². The highest BCUT2D eigenvalue weighted by molar-refractivity contribution is 5.81. The number of nitrogens with one attached hydrogen (secondary N) is 1. The third-order valence-corrected chi connectivity index (χ3v) is 4.48. The molecule has 0 aromatic rings. The van der Waals surface area contributed by atoms with E-state index in [-0.39, 0.29) is 0 Å². The van der Waals surface area contributed by atoms with E-state index < -0.39 is 36.9 Å². The Labute approximate surface area is 122 Å². The summed E-state index contributed by atoms with van der Waals surface area (Å²) in [6.45, 7) is -0.364. The lowest BCUT2D eigenvalue weighted by Gasteiger charge is -2.26. The molecule has 1 amide bonds. The van der Waals surface area contributed by atoms with Gasteiger partial charge in [-0.2, -0.15) is 0 Å². The van der Waals surface area contributed by atoms with E-state index in [0.717, 1.165) is 12.8 Å². The molecule has 2 aliphatic carbocycles. The Kier molecular flexibility index (Phi) is 5.34. The minimum absolute atomic E-state index is 0.334. The molecule has 0 aromatic carbocycles. The molecule has 0 heterocycles. The molecule has 0 aromatic heterocycles. The summed E-state index contributed by atoms with van der Waals surface area (Å²) in [6, 6.07) is 0. The van der Waals surface area contributed by atoms with Crippen LogP contribution < -0.4 is 5.32 Å². The van der Waals surface area contributed by atoms with Crippen molar-refractivity contribution in [3.63, 3.8) is 0 Å². The van der Waals surface area contributed by atoms with Crippen LogP contribution >= 0.6 is 0 Å². The summed E-state index contributed by atoms with van der Waals surface area (Å²) in [6.07, 6.45) is -0.660. The Morgan fingerprint density at radius 1 is 1.14 bits per heavy atom. The molecule has 0 saturated heterocycles. The lowest BCUT2D eigenvalue weighted by atomic mass is 9.93. The first-order chi connectivity index (χ1) is 9.93. The quantitative estimate of drug-likeness (QED) is 0.295. The SMILES string of the molecule is O=C(NC[C@H]1C[C@H]2C=C[C@@H]1C2)[C@H](O)[C@@H](O)[C@H](O)[C@H](O)CO. The lowest BCUT2D eigenvalue weighted by Crippen LogP contribution is -2.52. The van der Waals surface area contributed by atoms with E-state index in [9.17, 15) is 25.2 Å². The normalized spacial score (nSPS) is 32.7. The van der Waals surface area contributed by atoms with Gasteiger partial charge in [0.15, 0.2) is 6.10 Å². The van der Waals surface area contributed by atoms with Gasteiger partial charge in [-0.1, -0.05) is 12.2 Å². The summed E-state index contributed by atoms with van der Waals surface area (Å²) in [7, 11) is 0. The molecule has 2 rings (SSSR count). The van der Waals surface area contributed by atoms with Crippen molar-refractivity contribution in [1.29, 1.82) is 0 Å². The average molecular weight is 301 g/mol. The van der Waals surface area contributed by atoms with Gasteiger partial charge in [0.1, 0.15) is 18.3 Å². The molecule has 7 atom stereocenters. The number of carbonyl (C=O) groups excluding carboxylic acids is 1. The maximum absolute atomic E-state index is 11.8. The molecule has 7 heteroatoms. The van der Waals surface area contributed by atoms with E-state index in [1.54, 1.807) is 0 Å². The van der Waals surface area contributed by atoms with Gasteiger partial charge < -0.3 is 30.8 Å². The van der Waals surface area contributed by atoms with Crippen molar-refractivity contribution >= 4 is 5.91 Å². The van der Waals surface area contributed by atoms with E-state index in [4.69, 9.17) is 5.11 Å². The maximum Gasteiger partial charge on any atom is 0.251 e. The Balaban J connectivity index is 1.78. The Bertz CT molecular complexity index is 401. The van der Waals surface area contributed by atoms with Crippen molar-refractivity contribution < 1.29 is 30.3 Å². The minimum Gasteiger partial charge on any atom is -0.394 e. The number of carbonyl (C=O) groups is 1. The first-order valence-electron chi connectivity index (χ1n) is 7.23. The molecule has 120 valence electrons. The number of rotatable bonds is 7. The molecule has 21 heavy (non-hydrogen) atoms. The third kappa shape index (κ3) is 3.61. The summed E-state index contributed by atoms with van der Waals surface area (Å²) < 4.78 is 0. The van der Waals surface area contributed by atoms with Crippen LogP contribution in [-0.2, 0) is 4.79 Å². The predicted molar refractivity (Wildman–Crippen MR) is 73.0 cm³/mol. The Morgan fingerprint density at radius 3 is 2.38 bits per heavy atom. The van der Waals surface area contributed by atoms with E-state index in [0.29, 0.717) is 24.3 Å². The van der Waals surface area contributed by atoms with Gasteiger partial charge in [-0.15, -0.1) is 0 Å². The number of aliphatic hydroxyl groups excluding tert-OH is 5. The molecule has 2 bridgehead atoms. The van der Waals surface area contributed by atoms with Crippen LogP contribution in [0.3, 0.4) is 0 Å². The molecule has 0 unspecified atom stereocenters. The fourth-order valence-corrected chi connectivity index (χ4v) is 3.14. The van der Waals surface area contributed by atoms with E-state index in [1.165, 1.54) is 0 Å². The second-order valence-electron chi connectivity index (χ2n) is 5.96. The average Bonchev–Trinajstić information content (AvgIpc) is 3.12. The molecule has 1 saturated carbocycles. The monoisotopic (exact) mass is 301 g/mol. The van der Waals surface area contributed by atoms with Crippen LogP contribution in [0.5, 0.6) is 0 Å². The summed E-state index contributed by atoms with van der Waals surface area (Å²) >= 11 is 0. The van der Waals surface area contributed by atoms with Gasteiger partial charge in [0.25, 0.3) is 5.91 Å². The zero-order chi connectivity index (χ0) is 15.6. The van der Waals surface area contributed by atoms with Crippen molar-refractivity contribution in [2.75, 3.05) is 13.2 Å². The number of aliphatic hydroxyl groups is 5. The van der Waals surface area contributed by atoms with Gasteiger partial charge in [0.2, 0.25) is 0 Å². The van der Waals surface area contributed by atoms with Crippen LogP contribution in [0, 0.1) is 17.8 Å². The van der Waals surface area contributed by atoms with Crippen molar-refractivity contribution in [2.45, 2.75) is 37.3 Å². The highest BCUT2D eigenvalue weighted by atomic mass is 16.4. The van der Waals surface area contributed by atoms with Crippen LogP contribution in [0.2, 0.25) is 0 Å². The predicted octanol–water partition coefficient (Wildman–Crippen LogP) is -2.25. The number of fused-ring (bicyclic) bond motifs is 2. The molecule has 7 nitrogen and oxygen atoms in total. The third-order valence-electron chi connectivity index (χ3n) is 4.48. The standard InChI is InChI=1S/C14H23NO6/c16-6-10(17)11(18)12(19)13(20)14(21)15-5-9-4-7-1-2-8(9)3-7/h1-2,7-13,16-20H,3-6H2,(H,15,21)/t7-,8+,9+,10+,11+,12-,13+/m0/s1. The number of hydrogen-bond donors (Lipinski definition) is 6. The van der Waals surface area contributed by atoms with Gasteiger partial charge >= 0.3 is 0 Å². The largest absolute Gasteiger partial charge is 0.394 e. The zero-order valence-electron chi connectivity index (χ0n) is 11.7. The van der Waals surface area contributed by atoms with Crippen molar-refractivity contribution in [1.82, 2.24) is 5.32 Å². The Morgan fingerprint density at radius 2 is 1.86 bits per heavy atom. The van der Waals surface area contributed by atoms with Crippen LogP contribution in [0.4, 0.5) is 0 Å². The molecular formula is C14H23NO6. The van der Waals surface area contributed by atoms with Crippen molar-refractivity contribution in [2.24, 2.45) is 17.8 Å². The summed E-state index contributed by atoms with van der Waals surface area (Å²) in [4.78, 5) is 11.8. The van der Waals surface area contributed by atoms with Crippen molar-refractivity contribution in [3.8, 4) is 0 Å². The molecule has 0 aliphatic heterocycles. The van der Waals surface area contributed by atoms with Gasteiger partial charge in [-0.25, -0.2) is 0 Å². The summed E-state index contributed by atoms with van der Waals surface area (Å²) in [5.41, 5.74) is 0. The summed E-state index contributed by atoms with van der Waals surface area (Å²) in [5, 5.41) is 49.2. The van der Waals surface area contributed by atoms with Gasteiger partial charge in [0, 0.05) is 6.54 Å². The van der Waals surface area contributed by atoms with Crippen LogP contribution in [0.1, 0.15) is 12.8 Å². The van der Waals surface area contributed by atoms with Gasteiger partial charge in [0.05, 0.1) is 6.61 Å². The first kappa shape index (κ1) is 16.4. The zero-order valence-corrected chi connectivity index (χ0v) is 11.7. The fraction of sp³-hybridized carbons (Fsp3) is 0.786. The van der Waals surface area contributed by atoms with Gasteiger partial charge in [-0.05, 0) is 30.6 Å². The highest BCUT2D eigenvalue weighted by Gasteiger charge is 2.37. The van der Waals surface area contributed by atoms with E-state index in [1.807, 2.05) is 0 Å². The molecule has 6 N–H and O–H groups in total.